The van der Waals surface area contributed by atoms with E-state index < -0.39 is 0 Å². The van der Waals surface area contributed by atoms with Gasteiger partial charge in [-0.25, -0.2) is 4.98 Å². The maximum atomic E-state index is 5.80. The number of aromatic nitrogens is 1. The van der Waals surface area contributed by atoms with Crippen LogP contribution in [0.1, 0.15) is 37.7 Å². The van der Waals surface area contributed by atoms with E-state index in [9.17, 15) is 0 Å². The van der Waals surface area contributed by atoms with Crippen molar-refractivity contribution < 1.29 is 0 Å². The first-order chi connectivity index (χ1) is 10.7. The molecule has 0 saturated heterocycles. The molecular formula is C17H25ClN4. The van der Waals surface area contributed by atoms with E-state index in [1.807, 2.05) is 25.4 Å². The summed E-state index contributed by atoms with van der Waals surface area (Å²) in [6.07, 6.45) is 9.77. The molecule has 0 amide bonds. The molecule has 2 aliphatic carbocycles. The van der Waals surface area contributed by atoms with Gasteiger partial charge in [0.15, 0.2) is 5.96 Å². The average Bonchev–Trinajstić information content (AvgIpc) is 3.31. The number of guanidine groups is 1. The fraction of sp³-hybridized carbons (Fsp3) is 0.647. The third-order valence-electron chi connectivity index (χ3n) is 5.12. The Morgan fingerprint density at radius 1 is 1.36 bits per heavy atom. The minimum absolute atomic E-state index is 0.542. The van der Waals surface area contributed by atoms with Crippen LogP contribution in [-0.4, -0.2) is 31.1 Å². The second kappa shape index (κ2) is 6.86. The van der Waals surface area contributed by atoms with Crippen molar-refractivity contribution in [2.45, 2.75) is 38.5 Å². The molecule has 4 nitrogen and oxygen atoms in total. The minimum atomic E-state index is 0.542. The first-order valence-electron chi connectivity index (χ1n) is 8.27. The van der Waals surface area contributed by atoms with Crippen LogP contribution in [0, 0.1) is 11.3 Å². The molecule has 1 heterocycles. The minimum Gasteiger partial charge on any atom is -0.356 e. The van der Waals surface area contributed by atoms with Gasteiger partial charge in [-0.15, -0.1) is 0 Å². The van der Waals surface area contributed by atoms with Crippen molar-refractivity contribution in [1.29, 1.82) is 0 Å². The monoisotopic (exact) mass is 320 g/mol. The van der Waals surface area contributed by atoms with Crippen LogP contribution in [0.2, 0.25) is 5.15 Å². The van der Waals surface area contributed by atoms with Gasteiger partial charge in [0.2, 0.25) is 0 Å². The van der Waals surface area contributed by atoms with Crippen LogP contribution < -0.4 is 10.6 Å². The van der Waals surface area contributed by atoms with E-state index in [1.165, 1.54) is 37.7 Å². The number of aliphatic imine (C=N–C) groups is 1. The van der Waals surface area contributed by atoms with E-state index in [2.05, 4.69) is 20.6 Å². The van der Waals surface area contributed by atoms with Crippen LogP contribution in [0.3, 0.4) is 0 Å². The van der Waals surface area contributed by atoms with Crippen molar-refractivity contribution in [3.63, 3.8) is 0 Å². The number of hydrogen-bond donors (Lipinski definition) is 2. The Morgan fingerprint density at radius 2 is 2.18 bits per heavy atom. The van der Waals surface area contributed by atoms with Crippen LogP contribution in [0.25, 0.3) is 0 Å². The standard InChI is InChI=1S/C17H25ClN4/c1-19-16(20-10-7-13-3-6-15(18)21-11-13)22-12-17(8-2-9-17)14-4-5-14/h3,6,11,14H,2,4-5,7-10,12H2,1H3,(H2,19,20,22). The summed E-state index contributed by atoms with van der Waals surface area (Å²) in [6.45, 7) is 1.92. The Balaban J connectivity index is 1.41. The summed E-state index contributed by atoms with van der Waals surface area (Å²) in [5, 5.41) is 7.46. The predicted molar refractivity (Wildman–Crippen MR) is 91.3 cm³/mol. The topological polar surface area (TPSA) is 49.3 Å². The second-order valence-corrected chi connectivity index (χ2v) is 6.97. The predicted octanol–water partition coefficient (Wildman–Crippen LogP) is 3.02. The largest absolute Gasteiger partial charge is 0.356 e. The van der Waals surface area contributed by atoms with Crippen molar-refractivity contribution in [1.82, 2.24) is 15.6 Å². The smallest absolute Gasteiger partial charge is 0.191 e. The van der Waals surface area contributed by atoms with E-state index in [0.29, 0.717) is 10.6 Å². The number of hydrogen-bond acceptors (Lipinski definition) is 2. The molecule has 0 radical (unpaired) electrons. The highest BCUT2D eigenvalue weighted by molar-refractivity contribution is 6.29. The molecule has 2 N–H and O–H groups in total. The Hall–Kier alpha value is -1.29. The molecule has 120 valence electrons. The molecular weight excluding hydrogens is 296 g/mol. The SMILES string of the molecule is CN=C(NCCc1ccc(Cl)nc1)NCC1(C2CC2)CCC1. The molecule has 0 unspecified atom stereocenters. The van der Waals surface area contributed by atoms with Gasteiger partial charge < -0.3 is 10.6 Å². The van der Waals surface area contributed by atoms with Gasteiger partial charge in [-0.2, -0.15) is 0 Å². The van der Waals surface area contributed by atoms with Crippen molar-refractivity contribution in [3.05, 3.63) is 29.0 Å². The lowest BCUT2D eigenvalue weighted by Crippen LogP contribution is -2.47. The van der Waals surface area contributed by atoms with E-state index in [4.69, 9.17) is 11.6 Å². The molecule has 3 rings (SSSR count). The van der Waals surface area contributed by atoms with Gasteiger partial charge in [0.1, 0.15) is 5.15 Å². The summed E-state index contributed by atoms with van der Waals surface area (Å²) in [4.78, 5) is 8.43. The third-order valence-corrected chi connectivity index (χ3v) is 5.34. The zero-order valence-electron chi connectivity index (χ0n) is 13.2. The second-order valence-electron chi connectivity index (χ2n) is 6.58. The van der Waals surface area contributed by atoms with Gasteiger partial charge in [-0.05, 0) is 55.1 Å². The van der Waals surface area contributed by atoms with Crippen molar-refractivity contribution in [2.24, 2.45) is 16.3 Å². The zero-order chi connectivity index (χ0) is 15.4. The molecule has 0 aromatic carbocycles. The molecule has 2 aliphatic rings. The number of rotatable bonds is 6. The van der Waals surface area contributed by atoms with Crippen LogP contribution in [0.5, 0.6) is 0 Å². The quantitative estimate of drug-likeness (QED) is 0.481. The van der Waals surface area contributed by atoms with E-state index >= 15 is 0 Å². The van der Waals surface area contributed by atoms with Gasteiger partial charge in [0.05, 0.1) is 0 Å². The van der Waals surface area contributed by atoms with Crippen molar-refractivity contribution >= 4 is 17.6 Å². The molecule has 1 aromatic rings. The lowest BCUT2D eigenvalue weighted by molar-refractivity contribution is 0.106. The highest BCUT2D eigenvalue weighted by atomic mass is 35.5. The van der Waals surface area contributed by atoms with Crippen LogP contribution in [0.4, 0.5) is 0 Å². The molecule has 2 saturated carbocycles. The Labute approximate surface area is 137 Å². The van der Waals surface area contributed by atoms with Crippen molar-refractivity contribution in [2.75, 3.05) is 20.1 Å². The summed E-state index contributed by atoms with van der Waals surface area (Å²) < 4.78 is 0. The molecule has 0 bridgehead atoms. The Kier molecular flexibility index (Phi) is 4.87. The molecule has 0 aliphatic heterocycles. The number of nitrogens with zero attached hydrogens (tertiary/aromatic N) is 2. The van der Waals surface area contributed by atoms with E-state index in [0.717, 1.165) is 31.4 Å². The highest BCUT2D eigenvalue weighted by Crippen LogP contribution is 2.56. The summed E-state index contributed by atoms with van der Waals surface area (Å²) in [7, 11) is 1.84. The summed E-state index contributed by atoms with van der Waals surface area (Å²) in [5.41, 5.74) is 1.75. The molecule has 5 heteroatoms. The molecule has 2 fully saturated rings. The van der Waals surface area contributed by atoms with E-state index in [1.54, 1.807) is 0 Å². The maximum absolute atomic E-state index is 5.80. The number of halogens is 1. The van der Waals surface area contributed by atoms with Crippen LogP contribution >= 0.6 is 11.6 Å². The van der Waals surface area contributed by atoms with E-state index in [-0.39, 0.29) is 0 Å². The van der Waals surface area contributed by atoms with Crippen molar-refractivity contribution in [3.8, 4) is 0 Å². The zero-order valence-corrected chi connectivity index (χ0v) is 14.0. The lowest BCUT2D eigenvalue weighted by Gasteiger charge is -2.43. The number of nitrogens with one attached hydrogen (secondary N) is 2. The summed E-state index contributed by atoms with van der Waals surface area (Å²) in [5.74, 6) is 1.88. The van der Waals surface area contributed by atoms with Gasteiger partial charge in [-0.3, -0.25) is 4.99 Å². The fourth-order valence-corrected chi connectivity index (χ4v) is 3.53. The fourth-order valence-electron chi connectivity index (χ4n) is 3.42. The lowest BCUT2D eigenvalue weighted by atomic mass is 9.65. The maximum Gasteiger partial charge on any atom is 0.191 e. The summed E-state index contributed by atoms with van der Waals surface area (Å²) in [6, 6.07) is 3.85. The summed E-state index contributed by atoms with van der Waals surface area (Å²) >= 11 is 5.80. The van der Waals surface area contributed by atoms with Crippen LogP contribution in [-0.2, 0) is 6.42 Å². The molecule has 0 atom stereocenters. The Morgan fingerprint density at radius 3 is 2.73 bits per heavy atom. The van der Waals surface area contributed by atoms with Crippen LogP contribution in [0.15, 0.2) is 23.3 Å². The molecule has 0 spiro atoms. The third kappa shape index (κ3) is 3.72. The first-order valence-corrected chi connectivity index (χ1v) is 8.65. The number of pyridine rings is 1. The van der Waals surface area contributed by atoms with Gasteiger partial charge in [0, 0.05) is 26.3 Å². The average molecular weight is 321 g/mol. The molecule has 1 aromatic heterocycles. The van der Waals surface area contributed by atoms with Gasteiger partial charge >= 0.3 is 0 Å². The Bertz CT molecular complexity index is 518. The normalized spacial score (nSPS) is 20.4. The van der Waals surface area contributed by atoms with Gasteiger partial charge in [-0.1, -0.05) is 24.1 Å². The highest BCUT2D eigenvalue weighted by Gasteiger charge is 2.48. The van der Waals surface area contributed by atoms with Gasteiger partial charge in [0.25, 0.3) is 0 Å². The molecule has 22 heavy (non-hydrogen) atoms. The first kappa shape index (κ1) is 15.6.